The maximum Gasteiger partial charge on any atom is 0.121 e. The fourth-order valence-corrected chi connectivity index (χ4v) is 1.24. The molecular formula is C9H10O2. The standard InChI is InChI=1S/C9H10O2/c1-6-9(11-6)7-4-2-3-5-8(7)10/h2-6,9-10H,1H3/t6-,9+/m1/s1. The number of phenolic OH excluding ortho intramolecular Hbond substituents is 1. The summed E-state index contributed by atoms with van der Waals surface area (Å²) in [6.45, 7) is 2.00. The van der Waals surface area contributed by atoms with Crippen LogP contribution in [0.3, 0.4) is 0 Å². The average molecular weight is 150 g/mol. The second-order valence-corrected chi connectivity index (χ2v) is 2.82. The van der Waals surface area contributed by atoms with E-state index in [-0.39, 0.29) is 12.2 Å². The molecule has 0 unspecified atom stereocenters. The molecule has 1 aromatic rings. The highest BCUT2D eigenvalue weighted by Gasteiger charge is 2.37. The van der Waals surface area contributed by atoms with Crippen molar-refractivity contribution in [2.45, 2.75) is 19.1 Å². The van der Waals surface area contributed by atoms with Gasteiger partial charge in [-0.25, -0.2) is 0 Å². The molecule has 1 heterocycles. The Bertz CT molecular complexity index is 270. The molecule has 0 aromatic heterocycles. The summed E-state index contributed by atoms with van der Waals surface area (Å²) in [5, 5.41) is 9.36. The Morgan fingerprint density at radius 3 is 2.55 bits per heavy atom. The Kier molecular flexibility index (Phi) is 1.36. The number of benzene rings is 1. The molecule has 58 valence electrons. The van der Waals surface area contributed by atoms with Crippen molar-refractivity contribution < 1.29 is 9.84 Å². The number of ether oxygens (including phenoxy) is 1. The van der Waals surface area contributed by atoms with Gasteiger partial charge in [-0.05, 0) is 13.0 Å². The highest BCUT2D eigenvalue weighted by molar-refractivity contribution is 5.36. The largest absolute Gasteiger partial charge is 0.508 e. The maximum absolute atomic E-state index is 9.36. The zero-order chi connectivity index (χ0) is 7.84. The minimum atomic E-state index is 0.121. The smallest absolute Gasteiger partial charge is 0.121 e. The van der Waals surface area contributed by atoms with Crippen molar-refractivity contribution in [2.24, 2.45) is 0 Å². The van der Waals surface area contributed by atoms with Crippen molar-refractivity contribution in [1.82, 2.24) is 0 Å². The molecule has 1 saturated heterocycles. The molecular weight excluding hydrogens is 140 g/mol. The molecule has 0 radical (unpaired) electrons. The molecule has 1 aliphatic rings. The van der Waals surface area contributed by atoms with Gasteiger partial charge >= 0.3 is 0 Å². The minimum absolute atomic E-state index is 0.121. The summed E-state index contributed by atoms with van der Waals surface area (Å²) in [5.74, 6) is 0.335. The predicted molar refractivity (Wildman–Crippen MR) is 41.4 cm³/mol. The first-order valence-corrected chi connectivity index (χ1v) is 3.72. The second-order valence-electron chi connectivity index (χ2n) is 2.82. The Morgan fingerprint density at radius 2 is 2.00 bits per heavy atom. The molecule has 2 nitrogen and oxygen atoms in total. The van der Waals surface area contributed by atoms with E-state index >= 15 is 0 Å². The van der Waals surface area contributed by atoms with Gasteiger partial charge in [-0.2, -0.15) is 0 Å². The molecule has 2 rings (SSSR count). The number of hydrogen-bond donors (Lipinski definition) is 1. The van der Waals surface area contributed by atoms with Crippen LogP contribution in [-0.4, -0.2) is 11.2 Å². The summed E-state index contributed by atoms with van der Waals surface area (Å²) in [5.41, 5.74) is 0.903. The summed E-state index contributed by atoms with van der Waals surface area (Å²) in [4.78, 5) is 0. The van der Waals surface area contributed by atoms with E-state index in [1.54, 1.807) is 6.07 Å². The summed E-state index contributed by atoms with van der Waals surface area (Å²) in [6, 6.07) is 7.29. The summed E-state index contributed by atoms with van der Waals surface area (Å²) in [7, 11) is 0. The third kappa shape index (κ3) is 1.10. The van der Waals surface area contributed by atoms with Crippen LogP contribution in [-0.2, 0) is 4.74 Å². The highest BCUT2D eigenvalue weighted by atomic mass is 16.6. The first-order valence-electron chi connectivity index (χ1n) is 3.72. The van der Waals surface area contributed by atoms with Gasteiger partial charge in [0, 0.05) is 5.56 Å². The molecule has 0 bridgehead atoms. The molecule has 0 spiro atoms. The van der Waals surface area contributed by atoms with Crippen LogP contribution in [0.4, 0.5) is 0 Å². The fourth-order valence-electron chi connectivity index (χ4n) is 1.24. The molecule has 2 heteroatoms. The van der Waals surface area contributed by atoms with E-state index in [0.29, 0.717) is 5.75 Å². The number of para-hydroxylation sites is 1. The van der Waals surface area contributed by atoms with Crippen LogP contribution < -0.4 is 0 Å². The fraction of sp³-hybridized carbons (Fsp3) is 0.333. The summed E-state index contributed by atoms with van der Waals surface area (Å²) >= 11 is 0. The van der Waals surface area contributed by atoms with E-state index in [0.717, 1.165) is 5.56 Å². The monoisotopic (exact) mass is 150 g/mol. The molecule has 1 N–H and O–H groups in total. The second kappa shape index (κ2) is 2.24. The number of epoxide rings is 1. The normalized spacial score (nSPS) is 28.5. The average Bonchev–Trinajstić information content (AvgIpc) is 2.68. The Hall–Kier alpha value is -1.02. The zero-order valence-electron chi connectivity index (χ0n) is 6.32. The lowest BCUT2D eigenvalue weighted by atomic mass is 10.1. The first-order chi connectivity index (χ1) is 5.29. The molecule has 0 amide bonds. The molecule has 1 aliphatic heterocycles. The Morgan fingerprint density at radius 1 is 1.36 bits per heavy atom. The van der Waals surface area contributed by atoms with Crippen LogP contribution in [0.2, 0.25) is 0 Å². The Labute approximate surface area is 65.4 Å². The van der Waals surface area contributed by atoms with Gasteiger partial charge < -0.3 is 9.84 Å². The molecule has 11 heavy (non-hydrogen) atoms. The molecule has 1 aromatic carbocycles. The van der Waals surface area contributed by atoms with E-state index in [2.05, 4.69) is 0 Å². The van der Waals surface area contributed by atoms with Crippen molar-refractivity contribution in [3.05, 3.63) is 29.8 Å². The van der Waals surface area contributed by atoms with Crippen LogP contribution in [0.1, 0.15) is 18.6 Å². The number of phenols is 1. The maximum atomic E-state index is 9.36. The summed E-state index contributed by atoms with van der Waals surface area (Å²) < 4.78 is 5.22. The van der Waals surface area contributed by atoms with Gasteiger partial charge in [0.15, 0.2) is 0 Å². The quantitative estimate of drug-likeness (QED) is 0.620. The number of rotatable bonds is 1. The summed E-state index contributed by atoms with van der Waals surface area (Å²) in [6.07, 6.45) is 0.388. The van der Waals surface area contributed by atoms with Crippen molar-refractivity contribution in [3.8, 4) is 5.75 Å². The van der Waals surface area contributed by atoms with Crippen molar-refractivity contribution >= 4 is 0 Å². The molecule has 2 atom stereocenters. The zero-order valence-corrected chi connectivity index (χ0v) is 6.32. The lowest BCUT2D eigenvalue weighted by molar-refractivity contribution is 0.375. The van der Waals surface area contributed by atoms with Crippen LogP contribution in [0.25, 0.3) is 0 Å². The lowest BCUT2D eigenvalue weighted by Gasteiger charge is -1.97. The Balaban J connectivity index is 2.31. The molecule has 0 saturated carbocycles. The van der Waals surface area contributed by atoms with Gasteiger partial charge in [-0.15, -0.1) is 0 Å². The number of hydrogen-bond acceptors (Lipinski definition) is 2. The van der Waals surface area contributed by atoms with Crippen molar-refractivity contribution in [2.75, 3.05) is 0 Å². The van der Waals surface area contributed by atoms with Crippen LogP contribution in [0.15, 0.2) is 24.3 Å². The van der Waals surface area contributed by atoms with Gasteiger partial charge in [0.25, 0.3) is 0 Å². The predicted octanol–water partition coefficient (Wildman–Crippen LogP) is 1.85. The van der Waals surface area contributed by atoms with E-state index in [4.69, 9.17) is 4.74 Å². The third-order valence-electron chi connectivity index (χ3n) is 1.95. The highest BCUT2D eigenvalue weighted by Crippen LogP contribution is 2.41. The van der Waals surface area contributed by atoms with Gasteiger partial charge in [0.2, 0.25) is 0 Å². The lowest BCUT2D eigenvalue weighted by Crippen LogP contribution is -1.83. The minimum Gasteiger partial charge on any atom is -0.508 e. The SMILES string of the molecule is C[C@H]1O[C@@H]1c1ccccc1O. The first kappa shape index (κ1) is 6.68. The van der Waals surface area contributed by atoms with E-state index in [9.17, 15) is 5.11 Å². The van der Waals surface area contributed by atoms with Gasteiger partial charge in [0.05, 0.1) is 6.10 Å². The van der Waals surface area contributed by atoms with Crippen LogP contribution in [0, 0.1) is 0 Å². The van der Waals surface area contributed by atoms with E-state index in [1.165, 1.54) is 0 Å². The van der Waals surface area contributed by atoms with Crippen LogP contribution >= 0.6 is 0 Å². The van der Waals surface area contributed by atoms with Gasteiger partial charge in [-0.1, -0.05) is 18.2 Å². The topological polar surface area (TPSA) is 32.8 Å². The van der Waals surface area contributed by atoms with E-state index < -0.39 is 0 Å². The molecule has 0 aliphatic carbocycles. The van der Waals surface area contributed by atoms with Crippen LogP contribution in [0.5, 0.6) is 5.75 Å². The third-order valence-corrected chi connectivity index (χ3v) is 1.95. The molecule has 1 fully saturated rings. The van der Waals surface area contributed by atoms with Gasteiger partial charge in [-0.3, -0.25) is 0 Å². The van der Waals surface area contributed by atoms with Crippen molar-refractivity contribution in [1.29, 1.82) is 0 Å². The van der Waals surface area contributed by atoms with Crippen molar-refractivity contribution in [3.63, 3.8) is 0 Å². The van der Waals surface area contributed by atoms with Gasteiger partial charge in [0.1, 0.15) is 11.9 Å². The number of aromatic hydroxyl groups is 1. The van der Waals surface area contributed by atoms with E-state index in [1.807, 2.05) is 25.1 Å².